The molecule has 4 nitrogen and oxygen atoms in total. The minimum absolute atomic E-state index is 0.300. The zero-order valence-corrected chi connectivity index (χ0v) is 9.24. The standard InChI is InChI=1S/C11H21N3O/c12-11(14-9-4-1-2-5-9)13-8-10-6-3-7-15-10/h9-10H,1-8H2,(H3,12,13,14). The number of ether oxygens (including phenoxy) is 1. The van der Waals surface area contributed by atoms with E-state index in [1.165, 1.54) is 25.7 Å². The molecule has 0 radical (unpaired) electrons. The molecule has 0 aromatic heterocycles. The highest BCUT2D eigenvalue weighted by Crippen LogP contribution is 2.17. The number of aliphatic imine (C=N–C) groups is 1. The smallest absolute Gasteiger partial charge is 0.188 e. The number of guanidine groups is 1. The second-order valence-electron chi connectivity index (χ2n) is 4.49. The molecule has 0 aromatic rings. The zero-order valence-electron chi connectivity index (χ0n) is 9.24. The molecule has 1 atom stereocenters. The van der Waals surface area contributed by atoms with E-state index in [-0.39, 0.29) is 0 Å². The Balaban J connectivity index is 1.68. The van der Waals surface area contributed by atoms with Crippen molar-refractivity contribution in [2.24, 2.45) is 10.7 Å². The van der Waals surface area contributed by atoms with Crippen LogP contribution >= 0.6 is 0 Å². The predicted octanol–water partition coefficient (Wildman–Crippen LogP) is 1.01. The third-order valence-corrected chi connectivity index (χ3v) is 3.20. The lowest BCUT2D eigenvalue weighted by Gasteiger charge is -2.13. The first-order valence-electron chi connectivity index (χ1n) is 6.02. The van der Waals surface area contributed by atoms with Gasteiger partial charge >= 0.3 is 0 Å². The van der Waals surface area contributed by atoms with Gasteiger partial charge in [-0.3, -0.25) is 4.99 Å². The number of nitrogens with zero attached hydrogens (tertiary/aromatic N) is 1. The van der Waals surface area contributed by atoms with Gasteiger partial charge in [0.05, 0.1) is 12.6 Å². The van der Waals surface area contributed by atoms with Gasteiger partial charge in [0.25, 0.3) is 0 Å². The highest BCUT2D eigenvalue weighted by molar-refractivity contribution is 5.78. The Kier molecular flexibility index (Phi) is 3.83. The van der Waals surface area contributed by atoms with Crippen molar-refractivity contribution in [1.29, 1.82) is 0 Å². The second-order valence-corrected chi connectivity index (χ2v) is 4.49. The Bertz CT molecular complexity index is 218. The highest BCUT2D eigenvalue weighted by Gasteiger charge is 2.16. The van der Waals surface area contributed by atoms with Gasteiger partial charge in [-0.25, -0.2) is 0 Å². The fourth-order valence-electron chi connectivity index (χ4n) is 2.31. The van der Waals surface area contributed by atoms with Crippen LogP contribution in [0.1, 0.15) is 38.5 Å². The molecular weight excluding hydrogens is 190 g/mol. The van der Waals surface area contributed by atoms with Gasteiger partial charge in [0.2, 0.25) is 0 Å². The van der Waals surface area contributed by atoms with E-state index in [1.54, 1.807) is 0 Å². The summed E-state index contributed by atoms with van der Waals surface area (Å²) < 4.78 is 5.48. The van der Waals surface area contributed by atoms with Crippen molar-refractivity contribution in [2.75, 3.05) is 13.2 Å². The molecule has 15 heavy (non-hydrogen) atoms. The minimum atomic E-state index is 0.300. The molecule has 1 saturated carbocycles. The summed E-state index contributed by atoms with van der Waals surface area (Å²) in [5, 5.41) is 3.27. The molecule has 2 rings (SSSR count). The molecule has 1 aliphatic carbocycles. The number of hydrogen-bond acceptors (Lipinski definition) is 2. The van der Waals surface area contributed by atoms with Crippen LogP contribution in [0.25, 0.3) is 0 Å². The molecule has 1 saturated heterocycles. The first-order valence-corrected chi connectivity index (χ1v) is 6.02. The van der Waals surface area contributed by atoms with Gasteiger partial charge in [0.1, 0.15) is 0 Å². The van der Waals surface area contributed by atoms with E-state index in [2.05, 4.69) is 10.3 Å². The summed E-state index contributed by atoms with van der Waals surface area (Å²) in [6, 6.07) is 0.554. The number of hydrogen-bond donors (Lipinski definition) is 2. The Hall–Kier alpha value is -0.770. The third-order valence-electron chi connectivity index (χ3n) is 3.20. The summed E-state index contributed by atoms with van der Waals surface area (Å²) in [7, 11) is 0. The molecule has 1 aliphatic heterocycles. The van der Waals surface area contributed by atoms with Crippen LogP contribution in [-0.2, 0) is 4.74 Å². The van der Waals surface area contributed by atoms with Gasteiger partial charge in [0, 0.05) is 12.6 Å². The van der Waals surface area contributed by atoms with Gasteiger partial charge in [-0.05, 0) is 25.7 Å². The van der Waals surface area contributed by atoms with E-state index in [9.17, 15) is 0 Å². The summed E-state index contributed by atoms with van der Waals surface area (Å²) in [5.74, 6) is 0.595. The molecular formula is C11H21N3O. The largest absolute Gasteiger partial charge is 0.376 e. The summed E-state index contributed by atoms with van der Waals surface area (Å²) in [4.78, 5) is 4.33. The summed E-state index contributed by atoms with van der Waals surface area (Å²) in [6.45, 7) is 1.60. The minimum Gasteiger partial charge on any atom is -0.376 e. The maximum atomic E-state index is 5.81. The molecule has 0 aromatic carbocycles. The van der Waals surface area contributed by atoms with Crippen LogP contribution in [0.3, 0.4) is 0 Å². The van der Waals surface area contributed by atoms with E-state index in [4.69, 9.17) is 10.5 Å². The Labute approximate surface area is 91.3 Å². The molecule has 0 bridgehead atoms. The summed E-state index contributed by atoms with van der Waals surface area (Å²) in [5.41, 5.74) is 5.81. The van der Waals surface area contributed by atoms with E-state index in [1.807, 2.05) is 0 Å². The normalized spacial score (nSPS) is 28.5. The average molecular weight is 211 g/mol. The van der Waals surface area contributed by atoms with Crippen LogP contribution in [0.15, 0.2) is 4.99 Å². The number of nitrogens with two attached hydrogens (primary N) is 1. The Morgan fingerprint density at radius 2 is 2.07 bits per heavy atom. The van der Waals surface area contributed by atoms with Gasteiger partial charge in [-0.15, -0.1) is 0 Å². The van der Waals surface area contributed by atoms with Gasteiger partial charge in [-0.1, -0.05) is 12.8 Å². The fourth-order valence-corrected chi connectivity index (χ4v) is 2.31. The van der Waals surface area contributed by atoms with Gasteiger partial charge in [-0.2, -0.15) is 0 Å². The van der Waals surface area contributed by atoms with Crippen molar-refractivity contribution in [3.05, 3.63) is 0 Å². The molecule has 1 heterocycles. The Morgan fingerprint density at radius 3 is 2.73 bits per heavy atom. The molecule has 2 aliphatic rings. The molecule has 0 amide bonds. The lowest BCUT2D eigenvalue weighted by atomic mass is 10.2. The van der Waals surface area contributed by atoms with Crippen LogP contribution in [-0.4, -0.2) is 31.3 Å². The van der Waals surface area contributed by atoms with Crippen LogP contribution in [0.4, 0.5) is 0 Å². The van der Waals surface area contributed by atoms with Crippen LogP contribution in [0, 0.1) is 0 Å². The molecule has 2 fully saturated rings. The van der Waals surface area contributed by atoms with E-state index in [0.717, 1.165) is 19.4 Å². The van der Waals surface area contributed by atoms with Crippen LogP contribution in [0.2, 0.25) is 0 Å². The van der Waals surface area contributed by atoms with Gasteiger partial charge in [0.15, 0.2) is 5.96 Å². The SMILES string of the molecule is NC(=NCC1CCCO1)NC1CCCC1. The number of rotatable bonds is 3. The lowest BCUT2D eigenvalue weighted by molar-refractivity contribution is 0.117. The third kappa shape index (κ3) is 3.38. The van der Waals surface area contributed by atoms with Crippen LogP contribution < -0.4 is 11.1 Å². The van der Waals surface area contributed by atoms with E-state index < -0.39 is 0 Å². The topological polar surface area (TPSA) is 59.6 Å². The molecule has 4 heteroatoms. The number of nitrogens with one attached hydrogen (secondary N) is 1. The summed E-state index contributed by atoms with van der Waals surface area (Å²) in [6.07, 6.45) is 7.68. The van der Waals surface area contributed by atoms with E-state index in [0.29, 0.717) is 24.7 Å². The fraction of sp³-hybridized carbons (Fsp3) is 0.909. The molecule has 0 spiro atoms. The molecule has 86 valence electrons. The first kappa shape index (κ1) is 10.7. The Morgan fingerprint density at radius 1 is 1.27 bits per heavy atom. The first-order chi connectivity index (χ1) is 7.34. The maximum Gasteiger partial charge on any atom is 0.188 e. The molecule has 3 N–H and O–H groups in total. The summed E-state index contributed by atoms with van der Waals surface area (Å²) >= 11 is 0. The van der Waals surface area contributed by atoms with Crippen molar-refractivity contribution in [1.82, 2.24) is 5.32 Å². The second kappa shape index (κ2) is 5.35. The van der Waals surface area contributed by atoms with Crippen molar-refractivity contribution in [3.8, 4) is 0 Å². The van der Waals surface area contributed by atoms with E-state index >= 15 is 0 Å². The van der Waals surface area contributed by atoms with Crippen LogP contribution in [0.5, 0.6) is 0 Å². The average Bonchev–Trinajstić information content (AvgIpc) is 2.86. The maximum absolute atomic E-state index is 5.81. The quantitative estimate of drug-likeness (QED) is 0.541. The van der Waals surface area contributed by atoms with Crippen molar-refractivity contribution >= 4 is 5.96 Å². The van der Waals surface area contributed by atoms with Gasteiger partial charge < -0.3 is 15.8 Å². The predicted molar refractivity (Wildman–Crippen MR) is 60.9 cm³/mol. The highest BCUT2D eigenvalue weighted by atomic mass is 16.5. The van der Waals surface area contributed by atoms with Crippen molar-refractivity contribution < 1.29 is 4.74 Å². The molecule has 1 unspecified atom stereocenters. The van der Waals surface area contributed by atoms with Crippen molar-refractivity contribution in [2.45, 2.75) is 50.7 Å². The lowest BCUT2D eigenvalue weighted by Crippen LogP contribution is -2.39. The monoisotopic (exact) mass is 211 g/mol. The zero-order chi connectivity index (χ0) is 10.5. The van der Waals surface area contributed by atoms with Crippen molar-refractivity contribution in [3.63, 3.8) is 0 Å².